The Morgan fingerprint density at radius 3 is 2.32 bits per heavy atom. The van der Waals surface area contributed by atoms with Gasteiger partial charge in [0.25, 0.3) is 11.8 Å². The summed E-state index contributed by atoms with van der Waals surface area (Å²) in [5, 5.41) is 4.05. The Morgan fingerprint density at radius 2 is 1.74 bits per heavy atom. The first kappa shape index (κ1) is 11.9. The second kappa shape index (κ2) is 4.82. The number of amides is 2. The van der Waals surface area contributed by atoms with Gasteiger partial charge in [0, 0.05) is 6.20 Å². The largest absolute Gasteiger partial charge is 0.268 e. The molecule has 2 heterocycles. The van der Waals surface area contributed by atoms with Gasteiger partial charge in [0.2, 0.25) is 0 Å². The zero-order chi connectivity index (χ0) is 13.2. The summed E-state index contributed by atoms with van der Waals surface area (Å²) in [5.74, 6) is -0.496. The van der Waals surface area contributed by atoms with Crippen molar-refractivity contribution in [3.05, 3.63) is 70.1 Å². The van der Waals surface area contributed by atoms with Crippen molar-refractivity contribution in [3.8, 4) is 0 Å². The molecule has 0 unspecified atom stereocenters. The van der Waals surface area contributed by atoms with Gasteiger partial charge in [-0.15, -0.1) is 0 Å². The van der Waals surface area contributed by atoms with E-state index in [4.69, 9.17) is 0 Å². The van der Waals surface area contributed by atoms with E-state index in [0.29, 0.717) is 11.1 Å². The fourth-order valence-corrected chi connectivity index (χ4v) is 2.73. The third kappa shape index (κ3) is 2.11. The van der Waals surface area contributed by atoms with Crippen LogP contribution in [0.15, 0.2) is 53.4 Å². The van der Waals surface area contributed by atoms with Gasteiger partial charge in [-0.3, -0.25) is 9.59 Å². The van der Waals surface area contributed by atoms with Crippen LogP contribution in [-0.4, -0.2) is 16.7 Å². The average molecular weight is 269 g/mol. The zero-order valence-electron chi connectivity index (χ0n) is 10.1. The molecule has 1 aliphatic rings. The molecule has 2 amide bonds. The fourth-order valence-electron chi connectivity index (χ4n) is 2.05. The Labute approximate surface area is 114 Å². The Bertz CT molecular complexity index is 624. The van der Waals surface area contributed by atoms with Crippen molar-refractivity contribution in [1.29, 1.82) is 0 Å². The molecule has 2 aromatic rings. The molecule has 0 fully saturated rings. The first-order valence-electron chi connectivity index (χ1n) is 5.92. The normalized spacial score (nSPS) is 14.4. The molecule has 0 atom stereocenters. The minimum absolute atomic E-state index is 0.248. The highest BCUT2D eigenvalue weighted by Gasteiger charge is 2.33. The van der Waals surface area contributed by atoms with Crippen LogP contribution in [0, 0.1) is 0 Å². The number of fused-ring (bicyclic) bond motifs is 1. The van der Waals surface area contributed by atoms with Crippen LogP contribution in [0.3, 0.4) is 0 Å². The highest BCUT2D eigenvalue weighted by Crippen LogP contribution is 2.22. The number of carbonyl (C=O) groups is 2. The number of rotatable bonds is 3. The Balaban J connectivity index is 1.79. The highest BCUT2D eigenvalue weighted by atomic mass is 32.1. The van der Waals surface area contributed by atoms with Crippen molar-refractivity contribution in [2.24, 2.45) is 0 Å². The minimum atomic E-state index is -0.248. The molecule has 1 aromatic carbocycles. The van der Waals surface area contributed by atoms with Crippen LogP contribution in [0.5, 0.6) is 0 Å². The molecule has 0 spiro atoms. The molecule has 4 heteroatoms. The van der Waals surface area contributed by atoms with Crippen molar-refractivity contribution in [1.82, 2.24) is 4.90 Å². The van der Waals surface area contributed by atoms with Crippen LogP contribution < -0.4 is 0 Å². The molecule has 3 rings (SSSR count). The van der Waals surface area contributed by atoms with Crippen LogP contribution >= 0.6 is 11.3 Å². The molecule has 19 heavy (non-hydrogen) atoms. The average Bonchev–Trinajstić information content (AvgIpc) is 3.02. The molecule has 0 bridgehead atoms. The first-order valence-corrected chi connectivity index (χ1v) is 6.86. The summed E-state index contributed by atoms with van der Waals surface area (Å²) in [5.41, 5.74) is 2.14. The van der Waals surface area contributed by atoms with Crippen molar-refractivity contribution in [2.45, 2.75) is 6.42 Å². The van der Waals surface area contributed by atoms with E-state index in [2.05, 4.69) is 0 Å². The predicted molar refractivity (Wildman–Crippen MR) is 74.1 cm³/mol. The Kier molecular flexibility index (Phi) is 3.01. The van der Waals surface area contributed by atoms with Gasteiger partial charge in [0.15, 0.2) is 0 Å². The molecule has 1 aliphatic heterocycles. The lowest BCUT2D eigenvalue weighted by atomic mass is 10.1. The lowest BCUT2D eigenvalue weighted by molar-refractivity contribution is 0.0721. The third-order valence-corrected chi connectivity index (χ3v) is 3.75. The van der Waals surface area contributed by atoms with Crippen molar-refractivity contribution < 1.29 is 9.59 Å². The minimum Gasteiger partial charge on any atom is -0.268 e. The van der Waals surface area contributed by atoms with Gasteiger partial charge in [-0.05, 0) is 40.9 Å². The summed E-state index contributed by atoms with van der Waals surface area (Å²) in [6, 6.07) is 8.92. The van der Waals surface area contributed by atoms with Crippen LogP contribution in [0.25, 0.3) is 0 Å². The summed E-state index contributed by atoms with van der Waals surface area (Å²) in [7, 11) is 0. The van der Waals surface area contributed by atoms with Crippen LogP contribution in [-0.2, 0) is 6.42 Å². The van der Waals surface area contributed by atoms with E-state index in [1.807, 2.05) is 22.9 Å². The van der Waals surface area contributed by atoms with Crippen molar-refractivity contribution >= 4 is 23.2 Å². The number of carbonyl (C=O) groups excluding carboxylic acids is 2. The number of nitrogens with zero attached hydrogens (tertiary/aromatic N) is 1. The number of imide groups is 1. The van der Waals surface area contributed by atoms with Gasteiger partial charge in [0.05, 0.1) is 11.1 Å². The Morgan fingerprint density at radius 1 is 1.05 bits per heavy atom. The summed E-state index contributed by atoms with van der Waals surface area (Å²) in [4.78, 5) is 25.3. The molecule has 0 radical (unpaired) electrons. The predicted octanol–water partition coefficient (Wildman–Crippen LogP) is 3.10. The number of allylic oxidation sites excluding steroid dienone is 1. The first-order chi connectivity index (χ1) is 9.27. The second-order valence-corrected chi connectivity index (χ2v) is 5.03. The topological polar surface area (TPSA) is 37.4 Å². The van der Waals surface area contributed by atoms with Crippen LogP contribution in [0.2, 0.25) is 0 Å². The lowest BCUT2D eigenvalue weighted by Crippen LogP contribution is -2.23. The van der Waals surface area contributed by atoms with Crippen LogP contribution in [0.4, 0.5) is 0 Å². The summed E-state index contributed by atoms with van der Waals surface area (Å²) in [6.07, 6.45) is 4.13. The van der Waals surface area contributed by atoms with Gasteiger partial charge in [-0.2, -0.15) is 11.3 Å². The number of hydrogen-bond donors (Lipinski definition) is 0. The van der Waals surface area contributed by atoms with Crippen molar-refractivity contribution in [2.75, 3.05) is 0 Å². The van der Waals surface area contributed by atoms with Crippen LogP contribution in [0.1, 0.15) is 26.3 Å². The smallest absolute Gasteiger partial charge is 0.265 e. The van der Waals surface area contributed by atoms with E-state index in [1.165, 1.54) is 10.5 Å². The quantitative estimate of drug-likeness (QED) is 0.803. The molecular weight excluding hydrogens is 258 g/mol. The molecular formula is C15H11NO2S. The maximum atomic E-state index is 12.1. The van der Waals surface area contributed by atoms with E-state index in [1.54, 1.807) is 41.8 Å². The van der Waals surface area contributed by atoms with E-state index in [-0.39, 0.29) is 11.8 Å². The van der Waals surface area contributed by atoms with E-state index in [9.17, 15) is 9.59 Å². The Hall–Kier alpha value is -2.20. The molecule has 94 valence electrons. The summed E-state index contributed by atoms with van der Waals surface area (Å²) >= 11 is 1.63. The van der Waals surface area contributed by atoms with E-state index >= 15 is 0 Å². The van der Waals surface area contributed by atoms with Gasteiger partial charge < -0.3 is 0 Å². The maximum Gasteiger partial charge on any atom is 0.265 e. The standard InChI is InChI=1S/C15H11NO2S/c17-14-12-5-1-2-6-13(12)15(18)16(14)8-3-4-11-7-9-19-10-11/h1-3,5-10H,4H2/b8-3+. The number of benzene rings is 1. The molecule has 3 nitrogen and oxygen atoms in total. The molecule has 1 aromatic heterocycles. The molecule has 0 aliphatic carbocycles. The third-order valence-electron chi connectivity index (χ3n) is 3.01. The molecule has 0 N–H and O–H groups in total. The summed E-state index contributed by atoms with van der Waals surface area (Å²) < 4.78 is 0. The van der Waals surface area contributed by atoms with E-state index in [0.717, 1.165) is 6.42 Å². The monoisotopic (exact) mass is 269 g/mol. The fraction of sp³-hybridized carbons (Fsp3) is 0.0667. The van der Waals surface area contributed by atoms with Crippen molar-refractivity contribution in [3.63, 3.8) is 0 Å². The van der Waals surface area contributed by atoms with E-state index < -0.39 is 0 Å². The summed E-state index contributed by atoms with van der Waals surface area (Å²) in [6.45, 7) is 0. The van der Waals surface area contributed by atoms with Gasteiger partial charge in [-0.25, -0.2) is 4.90 Å². The van der Waals surface area contributed by atoms with Gasteiger partial charge in [-0.1, -0.05) is 18.2 Å². The molecule has 0 saturated carbocycles. The lowest BCUT2D eigenvalue weighted by Gasteiger charge is -2.06. The highest BCUT2D eigenvalue weighted by molar-refractivity contribution is 7.07. The zero-order valence-corrected chi connectivity index (χ0v) is 10.9. The second-order valence-electron chi connectivity index (χ2n) is 4.25. The number of thiophene rings is 1. The maximum absolute atomic E-state index is 12.1. The SMILES string of the molecule is O=C1c2ccccc2C(=O)N1/C=C/Cc1ccsc1. The van der Waals surface area contributed by atoms with Gasteiger partial charge in [0.1, 0.15) is 0 Å². The molecule has 0 saturated heterocycles. The number of hydrogen-bond acceptors (Lipinski definition) is 3. The van der Waals surface area contributed by atoms with Gasteiger partial charge >= 0.3 is 0 Å².